The van der Waals surface area contributed by atoms with Gasteiger partial charge in [-0.2, -0.15) is 0 Å². The van der Waals surface area contributed by atoms with E-state index in [1.165, 1.54) is 32.1 Å². The average molecular weight is 322 g/mol. The molecule has 1 aliphatic carbocycles. The fourth-order valence-corrected chi connectivity index (χ4v) is 3.30. The van der Waals surface area contributed by atoms with Gasteiger partial charge in [0, 0.05) is 17.7 Å². The Balaban J connectivity index is 1.96. The number of halogens is 2. The van der Waals surface area contributed by atoms with Gasteiger partial charge in [-0.15, -0.1) is 0 Å². The van der Waals surface area contributed by atoms with Crippen molar-refractivity contribution in [3.05, 3.63) is 40.1 Å². The van der Waals surface area contributed by atoms with E-state index in [1.54, 1.807) is 6.07 Å². The van der Waals surface area contributed by atoms with Crippen molar-refractivity contribution >= 4 is 29.0 Å². The summed E-state index contributed by atoms with van der Waals surface area (Å²) in [5.74, 6) is 0.902. The van der Waals surface area contributed by atoms with E-state index in [0.717, 1.165) is 11.3 Å². The quantitative estimate of drug-likeness (QED) is 0.839. The Morgan fingerprint density at radius 1 is 1.10 bits per heavy atom. The van der Waals surface area contributed by atoms with Gasteiger partial charge in [0.05, 0.1) is 15.7 Å². The molecular formula is C16H17Cl2N3. The molecule has 1 aliphatic rings. The first-order valence-corrected chi connectivity index (χ1v) is 7.99. The van der Waals surface area contributed by atoms with Crippen LogP contribution in [-0.4, -0.2) is 9.97 Å². The molecule has 3 rings (SSSR count). The Bertz CT molecular complexity index is 652. The summed E-state index contributed by atoms with van der Waals surface area (Å²) in [4.78, 5) is 9.05. The molecular weight excluding hydrogens is 305 g/mol. The van der Waals surface area contributed by atoms with Crippen LogP contribution in [0.3, 0.4) is 0 Å². The standard InChI is InChI=1S/C16H17Cl2N3/c17-12-8-4-7-11(14(12)18)15-16(19)21-13(9-20-15)10-5-2-1-3-6-10/h4,7-10H,1-3,5-6H2,(H2,19,21). The molecule has 0 spiro atoms. The van der Waals surface area contributed by atoms with Crippen LogP contribution in [0.25, 0.3) is 11.3 Å². The zero-order chi connectivity index (χ0) is 14.8. The minimum atomic E-state index is 0.419. The molecule has 0 atom stereocenters. The first-order valence-electron chi connectivity index (χ1n) is 7.23. The maximum atomic E-state index is 6.23. The molecule has 0 amide bonds. The van der Waals surface area contributed by atoms with Crippen LogP contribution in [0.1, 0.15) is 43.7 Å². The summed E-state index contributed by atoms with van der Waals surface area (Å²) in [7, 11) is 0. The number of anilines is 1. The molecule has 1 aromatic heterocycles. The lowest BCUT2D eigenvalue weighted by molar-refractivity contribution is 0.436. The van der Waals surface area contributed by atoms with Crippen molar-refractivity contribution in [1.82, 2.24) is 9.97 Å². The molecule has 2 N–H and O–H groups in total. The fourth-order valence-electron chi connectivity index (χ4n) is 2.91. The van der Waals surface area contributed by atoms with Crippen molar-refractivity contribution < 1.29 is 0 Å². The largest absolute Gasteiger partial charge is 0.382 e. The third-order valence-electron chi connectivity index (χ3n) is 4.05. The van der Waals surface area contributed by atoms with Gasteiger partial charge in [-0.25, -0.2) is 4.98 Å². The number of hydrogen-bond acceptors (Lipinski definition) is 3. The number of aromatic nitrogens is 2. The van der Waals surface area contributed by atoms with Gasteiger partial charge in [-0.3, -0.25) is 4.98 Å². The SMILES string of the molecule is Nc1nc(C2CCCCC2)cnc1-c1cccc(Cl)c1Cl. The van der Waals surface area contributed by atoms with Crippen molar-refractivity contribution in [2.45, 2.75) is 38.0 Å². The monoisotopic (exact) mass is 321 g/mol. The first-order chi connectivity index (χ1) is 10.2. The average Bonchev–Trinajstić information content (AvgIpc) is 2.51. The summed E-state index contributed by atoms with van der Waals surface area (Å²) in [6.07, 6.45) is 8.01. The van der Waals surface area contributed by atoms with Gasteiger partial charge >= 0.3 is 0 Å². The number of hydrogen-bond donors (Lipinski definition) is 1. The van der Waals surface area contributed by atoms with Gasteiger partial charge in [0.25, 0.3) is 0 Å². The summed E-state index contributed by atoms with van der Waals surface area (Å²) in [5.41, 5.74) is 8.42. The number of nitrogens with zero attached hydrogens (tertiary/aromatic N) is 2. The van der Waals surface area contributed by atoms with E-state index in [-0.39, 0.29) is 0 Å². The second-order valence-electron chi connectivity index (χ2n) is 5.47. The molecule has 0 aliphatic heterocycles. The van der Waals surface area contributed by atoms with Gasteiger partial charge < -0.3 is 5.73 Å². The third kappa shape index (κ3) is 2.99. The molecule has 0 radical (unpaired) electrons. The van der Waals surface area contributed by atoms with Gasteiger partial charge in [0.2, 0.25) is 0 Å². The van der Waals surface area contributed by atoms with Crippen LogP contribution in [-0.2, 0) is 0 Å². The van der Waals surface area contributed by atoms with E-state index in [1.807, 2.05) is 18.3 Å². The third-order valence-corrected chi connectivity index (χ3v) is 4.87. The van der Waals surface area contributed by atoms with Crippen molar-refractivity contribution in [2.24, 2.45) is 0 Å². The van der Waals surface area contributed by atoms with Crippen LogP contribution in [0.15, 0.2) is 24.4 Å². The molecule has 1 heterocycles. The second-order valence-corrected chi connectivity index (χ2v) is 6.25. The summed E-state index contributed by atoms with van der Waals surface area (Å²) in [6.45, 7) is 0. The Morgan fingerprint density at radius 3 is 2.57 bits per heavy atom. The molecule has 110 valence electrons. The lowest BCUT2D eigenvalue weighted by Gasteiger charge is -2.21. The van der Waals surface area contributed by atoms with Crippen molar-refractivity contribution in [1.29, 1.82) is 0 Å². The molecule has 1 fully saturated rings. The molecule has 5 heteroatoms. The number of benzene rings is 1. The number of nitrogen functional groups attached to an aromatic ring is 1. The predicted octanol–water partition coefficient (Wildman–Crippen LogP) is 5.08. The molecule has 1 aromatic carbocycles. The second kappa shape index (κ2) is 6.20. The van der Waals surface area contributed by atoms with Gasteiger partial charge in [0.15, 0.2) is 0 Å². The van der Waals surface area contributed by atoms with Crippen molar-refractivity contribution in [3.8, 4) is 11.3 Å². The number of rotatable bonds is 2. The molecule has 0 bridgehead atoms. The predicted molar refractivity (Wildman–Crippen MR) is 87.7 cm³/mol. The molecule has 2 aromatic rings. The van der Waals surface area contributed by atoms with Gasteiger partial charge in [-0.05, 0) is 18.9 Å². The minimum absolute atomic E-state index is 0.419. The van der Waals surface area contributed by atoms with Crippen LogP contribution < -0.4 is 5.73 Å². The molecule has 1 saturated carbocycles. The minimum Gasteiger partial charge on any atom is -0.382 e. The van der Waals surface area contributed by atoms with Crippen LogP contribution in [0.4, 0.5) is 5.82 Å². The first kappa shape index (κ1) is 14.6. The normalized spacial score (nSPS) is 16.1. The summed E-state index contributed by atoms with van der Waals surface area (Å²) in [6, 6.07) is 5.43. The Morgan fingerprint density at radius 2 is 1.86 bits per heavy atom. The van der Waals surface area contributed by atoms with Crippen molar-refractivity contribution in [2.75, 3.05) is 5.73 Å². The maximum absolute atomic E-state index is 6.23. The van der Waals surface area contributed by atoms with E-state index in [0.29, 0.717) is 27.5 Å². The van der Waals surface area contributed by atoms with E-state index in [4.69, 9.17) is 28.9 Å². The van der Waals surface area contributed by atoms with Crippen molar-refractivity contribution in [3.63, 3.8) is 0 Å². The van der Waals surface area contributed by atoms with Crippen LogP contribution >= 0.6 is 23.2 Å². The highest BCUT2D eigenvalue weighted by Gasteiger charge is 2.19. The van der Waals surface area contributed by atoms with Crippen LogP contribution in [0.2, 0.25) is 10.0 Å². The van der Waals surface area contributed by atoms with E-state index in [9.17, 15) is 0 Å². The Kier molecular flexibility index (Phi) is 4.32. The number of nitrogens with two attached hydrogens (primary N) is 1. The molecule has 0 saturated heterocycles. The summed E-state index contributed by atoms with van der Waals surface area (Å²) in [5, 5.41) is 0.956. The van der Waals surface area contributed by atoms with E-state index in [2.05, 4.69) is 9.97 Å². The zero-order valence-electron chi connectivity index (χ0n) is 11.6. The molecule has 3 nitrogen and oxygen atoms in total. The highest BCUT2D eigenvalue weighted by Crippen LogP contribution is 2.36. The lowest BCUT2D eigenvalue weighted by Crippen LogP contribution is -2.09. The topological polar surface area (TPSA) is 51.8 Å². The maximum Gasteiger partial charge on any atom is 0.150 e. The Hall–Kier alpha value is -1.32. The highest BCUT2D eigenvalue weighted by atomic mass is 35.5. The highest BCUT2D eigenvalue weighted by molar-refractivity contribution is 6.43. The zero-order valence-corrected chi connectivity index (χ0v) is 13.2. The Labute approximate surface area is 134 Å². The van der Waals surface area contributed by atoms with Gasteiger partial charge in [-0.1, -0.05) is 54.6 Å². The van der Waals surface area contributed by atoms with E-state index >= 15 is 0 Å². The lowest BCUT2D eigenvalue weighted by atomic mass is 9.87. The van der Waals surface area contributed by atoms with E-state index < -0.39 is 0 Å². The fraction of sp³-hybridized carbons (Fsp3) is 0.375. The van der Waals surface area contributed by atoms with Crippen LogP contribution in [0.5, 0.6) is 0 Å². The summed E-state index contributed by atoms with van der Waals surface area (Å²) < 4.78 is 0. The molecule has 0 unspecified atom stereocenters. The molecule has 21 heavy (non-hydrogen) atoms. The van der Waals surface area contributed by atoms with Gasteiger partial charge in [0.1, 0.15) is 11.5 Å². The smallest absolute Gasteiger partial charge is 0.150 e. The summed E-state index contributed by atoms with van der Waals surface area (Å²) >= 11 is 12.3. The van der Waals surface area contributed by atoms with Crippen LogP contribution in [0, 0.1) is 0 Å².